The summed E-state index contributed by atoms with van der Waals surface area (Å²) in [6, 6.07) is 21.3. The first kappa shape index (κ1) is 19.5. The Kier molecular flexibility index (Phi) is 5.53. The zero-order valence-corrected chi connectivity index (χ0v) is 16.8. The number of rotatable bonds is 5. The van der Waals surface area contributed by atoms with Crippen molar-refractivity contribution in [2.24, 2.45) is 5.92 Å². The Morgan fingerprint density at radius 1 is 0.897 bits per heavy atom. The summed E-state index contributed by atoms with van der Waals surface area (Å²) in [4.78, 5) is 14.7. The van der Waals surface area contributed by atoms with Gasteiger partial charge in [-0.2, -0.15) is 0 Å². The Morgan fingerprint density at radius 3 is 2.17 bits per heavy atom. The molecule has 0 atom stereocenters. The van der Waals surface area contributed by atoms with Crippen molar-refractivity contribution < 1.29 is 17.6 Å². The van der Waals surface area contributed by atoms with E-state index < -0.39 is 9.84 Å². The van der Waals surface area contributed by atoms with Gasteiger partial charge in [0, 0.05) is 13.1 Å². The van der Waals surface area contributed by atoms with Crippen LogP contribution in [0.1, 0.15) is 29.0 Å². The number of amides is 1. The molecule has 150 valence electrons. The number of sulfone groups is 1. The molecule has 1 aliphatic heterocycles. The fourth-order valence-electron chi connectivity index (χ4n) is 3.74. The standard InChI is InChI=1S/C23H23NO4S/c25-23(24-15-13-19(14-16-24)17-18-7-3-1-4-8-18)21-11-12-22(28-21)29(26,27)20-9-5-2-6-10-20/h1-12,19H,13-17H2. The van der Waals surface area contributed by atoms with Gasteiger partial charge in [-0.25, -0.2) is 8.42 Å². The molecule has 0 radical (unpaired) electrons. The molecule has 6 heteroatoms. The molecule has 1 saturated heterocycles. The van der Waals surface area contributed by atoms with E-state index in [9.17, 15) is 13.2 Å². The molecule has 29 heavy (non-hydrogen) atoms. The Labute approximate surface area is 170 Å². The van der Waals surface area contributed by atoms with Crippen LogP contribution in [0.2, 0.25) is 0 Å². The summed E-state index contributed by atoms with van der Waals surface area (Å²) in [6.07, 6.45) is 2.87. The summed E-state index contributed by atoms with van der Waals surface area (Å²) in [5.41, 5.74) is 1.32. The number of carbonyl (C=O) groups excluding carboxylic acids is 1. The Hall–Kier alpha value is -2.86. The van der Waals surface area contributed by atoms with E-state index in [1.165, 1.54) is 29.8 Å². The van der Waals surface area contributed by atoms with Gasteiger partial charge in [-0.05, 0) is 55.0 Å². The van der Waals surface area contributed by atoms with E-state index in [-0.39, 0.29) is 21.7 Å². The van der Waals surface area contributed by atoms with Crippen molar-refractivity contribution in [2.75, 3.05) is 13.1 Å². The summed E-state index contributed by atoms with van der Waals surface area (Å²) >= 11 is 0. The quantitative estimate of drug-likeness (QED) is 0.633. The van der Waals surface area contributed by atoms with Crippen LogP contribution in [0.5, 0.6) is 0 Å². The second kappa shape index (κ2) is 8.25. The maximum Gasteiger partial charge on any atom is 0.289 e. The molecule has 1 fully saturated rings. The van der Waals surface area contributed by atoms with Crippen LogP contribution in [0.15, 0.2) is 87.2 Å². The van der Waals surface area contributed by atoms with Gasteiger partial charge in [-0.1, -0.05) is 48.5 Å². The van der Waals surface area contributed by atoms with Gasteiger partial charge in [-0.15, -0.1) is 0 Å². The van der Waals surface area contributed by atoms with Gasteiger partial charge < -0.3 is 9.32 Å². The Balaban J connectivity index is 1.40. The Bertz CT molecular complexity index is 1070. The lowest BCUT2D eigenvalue weighted by Gasteiger charge is -2.31. The van der Waals surface area contributed by atoms with E-state index in [1.54, 1.807) is 23.1 Å². The summed E-state index contributed by atoms with van der Waals surface area (Å²) in [5.74, 6) is 0.366. The van der Waals surface area contributed by atoms with Crippen LogP contribution in [-0.4, -0.2) is 32.3 Å². The van der Waals surface area contributed by atoms with Crippen molar-refractivity contribution in [2.45, 2.75) is 29.3 Å². The minimum absolute atomic E-state index is 0.0704. The van der Waals surface area contributed by atoms with Crippen LogP contribution in [0.25, 0.3) is 0 Å². The molecule has 0 N–H and O–H groups in total. The van der Waals surface area contributed by atoms with E-state index in [0.29, 0.717) is 19.0 Å². The minimum atomic E-state index is -3.76. The van der Waals surface area contributed by atoms with Gasteiger partial charge in [-0.3, -0.25) is 4.79 Å². The first-order valence-electron chi connectivity index (χ1n) is 9.77. The molecule has 0 aliphatic carbocycles. The molecule has 1 aliphatic rings. The highest BCUT2D eigenvalue weighted by atomic mass is 32.2. The fraction of sp³-hybridized carbons (Fsp3) is 0.261. The lowest BCUT2D eigenvalue weighted by atomic mass is 9.90. The molecule has 0 bridgehead atoms. The van der Waals surface area contributed by atoms with E-state index >= 15 is 0 Å². The third-order valence-electron chi connectivity index (χ3n) is 5.38. The van der Waals surface area contributed by atoms with Crippen LogP contribution in [0.4, 0.5) is 0 Å². The van der Waals surface area contributed by atoms with Crippen LogP contribution < -0.4 is 0 Å². The van der Waals surface area contributed by atoms with Gasteiger partial charge >= 0.3 is 0 Å². The predicted molar refractivity (Wildman–Crippen MR) is 109 cm³/mol. The van der Waals surface area contributed by atoms with Gasteiger partial charge in [0.1, 0.15) is 0 Å². The molecule has 1 amide bonds. The lowest BCUT2D eigenvalue weighted by molar-refractivity contribution is 0.0653. The smallest absolute Gasteiger partial charge is 0.289 e. The van der Waals surface area contributed by atoms with E-state index in [4.69, 9.17) is 4.42 Å². The average Bonchev–Trinajstić information content (AvgIpc) is 3.26. The summed E-state index contributed by atoms with van der Waals surface area (Å²) in [6.45, 7) is 1.30. The van der Waals surface area contributed by atoms with E-state index in [2.05, 4.69) is 12.1 Å². The molecule has 5 nitrogen and oxygen atoms in total. The molecule has 0 spiro atoms. The number of piperidine rings is 1. The molecular weight excluding hydrogens is 386 g/mol. The van der Waals surface area contributed by atoms with Crippen LogP contribution >= 0.6 is 0 Å². The normalized spacial score (nSPS) is 15.4. The van der Waals surface area contributed by atoms with Gasteiger partial charge in [0.2, 0.25) is 14.9 Å². The second-order valence-electron chi connectivity index (χ2n) is 7.36. The number of hydrogen-bond donors (Lipinski definition) is 0. The molecular formula is C23H23NO4S. The van der Waals surface area contributed by atoms with Crippen LogP contribution in [0.3, 0.4) is 0 Å². The highest BCUT2D eigenvalue weighted by molar-refractivity contribution is 7.91. The topological polar surface area (TPSA) is 67.6 Å². The zero-order valence-electron chi connectivity index (χ0n) is 16.0. The predicted octanol–water partition coefficient (Wildman–Crippen LogP) is 4.21. The highest BCUT2D eigenvalue weighted by Crippen LogP contribution is 2.26. The van der Waals surface area contributed by atoms with Crippen molar-refractivity contribution in [1.29, 1.82) is 0 Å². The lowest BCUT2D eigenvalue weighted by Crippen LogP contribution is -2.38. The second-order valence-corrected chi connectivity index (χ2v) is 9.24. The van der Waals surface area contributed by atoms with Gasteiger partial charge in [0.05, 0.1) is 4.90 Å². The van der Waals surface area contributed by atoms with E-state index in [1.807, 2.05) is 18.2 Å². The van der Waals surface area contributed by atoms with Crippen LogP contribution in [-0.2, 0) is 16.3 Å². The molecule has 4 rings (SSSR count). The van der Waals surface area contributed by atoms with Crippen LogP contribution in [0, 0.1) is 5.92 Å². The molecule has 1 aromatic heterocycles. The zero-order chi connectivity index (χ0) is 20.3. The number of carbonyl (C=O) groups is 1. The molecule has 0 saturated carbocycles. The van der Waals surface area contributed by atoms with Gasteiger partial charge in [0.25, 0.3) is 5.91 Å². The molecule has 0 unspecified atom stereocenters. The number of hydrogen-bond acceptors (Lipinski definition) is 4. The fourth-order valence-corrected chi connectivity index (χ4v) is 4.93. The van der Waals surface area contributed by atoms with Crippen molar-refractivity contribution >= 4 is 15.7 Å². The Morgan fingerprint density at radius 2 is 1.52 bits per heavy atom. The van der Waals surface area contributed by atoms with Crippen molar-refractivity contribution in [1.82, 2.24) is 4.90 Å². The SMILES string of the molecule is O=C(c1ccc(S(=O)(=O)c2ccccc2)o1)N1CCC(Cc2ccccc2)CC1. The first-order chi connectivity index (χ1) is 14.0. The third-order valence-corrected chi connectivity index (χ3v) is 7.02. The van der Waals surface area contributed by atoms with Gasteiger partial charge in [0.15, 0.2) is 5.76 Å². The number of benzene rings is 2. The molecule has 2 heterocycles. The first-order valence-corrected chi connectivity index (χ1v) is 11.3. The number of furan rings is 1. The number of nitrogens with zero attached hydrogens (tertiary/aromatic N) is 1. The van der Waals surface area contributed by atoms with Crippen molar-refractivity contribution in [3.63, 3.8) is 0 Å². The summed E-state index contributed by atoms with van der Waals surface area (Å²) in [7, 11) is -3.76. The maximum atomic E-state index is 12.8. The molecule has 3 aromatic rings. The summed E-state index contributed by atoms with van der Waals surface area (Å²) in [5, 5.41) is -0.203. The highest BCUT2D eigenvalue weighted by Gasteiger charge is 2.28. The van der Waals surface area contributed by atoms with Crippen molar-refractivity contribution in [3.05, 3.63) is 84.1 Å². The van der Waals surface area contributed by atoms with Crippen molar-refractivity contribution in [3.8, 4) is 0 Å². The average molecular weight is 410 g/mol. The maximum absolute atomic E-state index is 12.8. The number of likely N-dealkylation sites (tertiary alicyclic amines) is 1. The third kappa shape index (κ3) is 4.27. The summed E-state index contributed by atoms with van der Waals surface area (Å²) < 4.78 is 30.7. The molecule has 2 aromatic carbocycles. The monoisotopic (exact) mass is 409 g/mol. The minimum Gasteiger partial charge on any atom is -0.439 e. The largest absolute Gasteiger partial charge is 0.439 e. The van der Waals surface area contributed by atoms with E-state index in [0.717, 1.165) is 19.3 Å².